The first-order valence-electron chi connectivity index (χ1n) is 11.6. The number of carboxylic acid groups (broad SMARTS) is 1. The van der Waals surface area contributed by atoms with Crippen LogP contribution in [-0.2, 0) is 23.1 Å². The van der Waals surface area contributed by atoms with Crippen LogP contribution in [0.1, 0.15) is 36.8 Å². The molecule has 0 saturated carbocycles. The minimum absolute atomic E-state index is 0.0372. The number of amides is 1. The van der Waals surface area contributed by atoms with E-state index in [-0.39, 0.29) is 21.0 Å². The highest BCUT2D eigenvalue weighted by Crippen LogP contribution is 2.39. The molecule has 5 rings (SSSR count). The van der Waals surface area contributed by atoms with Gasteiger partial charge in [-0.2, -0.15) is 0 Å². The molecule has 2 aliphatic heterocycles. The number of rotatable bonds is 8. The summed E-state index contributed by atoms with van der Waals surface area (Å²) >= 11 is 3.06. The standard InChI is InChI=1S/C24H23BrF2N4O5S/c25-22-19(8-9-20(23(22)27)37(34,35)31(24(32)33)21-10-11-36-29-21)28-12-17-14(2-1-3-18(17)26)13-30-15-4-5-16(30)7-6-15/h1-3,8-11,15-16,28H,4-7,12-13H2,(H,32,33). The fourth-order valence-corrected chi connectivity index (χ4v) is 7.14. The van der Waals surface area contributed by atoms with E-state index in [4.69, 9.17) is 0 Å². The summed E-state index contributed by atoms with van der Waals surface area (Å²) in [7, 11) is -4.88. The van der Waals surface area contributed by atoms with Gasteiger partial charge in [-0.3, -0.25) is 4.90 Å². The summed E-state index contributed by atoms with van der Waals surface area (Å²) in [6.45, 7) is 0.666. The summed E-state index contributed by atoms with van der Waals surface area (Å²) in [5.74, 6) is -2.14. The van der Waals surface area contributed by atoms with Gasteiger partial charge in [0.1, 0.15) is 17.0 Å². The number of hydrogen-bond acceptors (Lipinski definition) is 7. The molecule has 0 aliphatic carbocycles. The largest absolute Gasteiger partial charge is 0.464 e. The van der Waals surface area contributed by atoms with Gasteiger partial charge in [0.2, 0.25) is 0 Å². The highest BCUT2D eigenvalue weighted by molar-refractivity contribution is 9.10. The van der Waals surface area contributed by atoms with Crippen molar-refractivity contribution in [3.63, 3.8) is 0 Å². The zero-order valence-electron chi connectivity index (χ0n) is 19.4. The lowest BCUT2D eigenvalue weighted by Crippen LogP contribution is -2.36. The molecule has 3 heterocycles. The molecule has 1 amide bonds. The van der Waals surface area contributed by atoms with Crippen molar-refractivity contribution in [3.8, 4) is 0 Å². The maximum atomic E-state index is 15.3. The first kappa shape index (κ1) is 25.6. The molecular formula is C24H23BrF2N4O5S. The van der Waals surface area contributed by atoms with Gasteiger partial charge in [-0.15, -0.1) is 4.31 Å². The Hall–Kier alpha value is -3.03. The number of aromatic nitrogens is 1. The number of benzene rings is 2. The van der Waals surface area contributed by atoms with E-state index in [1.54, 1.807) is 6.07 Å². The lowest BCUT2D eigenvalue weighted by Gasteiger charge is -2.24. The summed E-state index contributed by atoms with van der Waals surface area (Å²) in [4.78, 5) is 13.2. The van der Waals surface area contributed by atoms with E-state index in [1.807, 2.05) is 6.07 Å². The molecule has 0 atom stereocenters. The molecule has 2 N–H and O–H groups in total. The van der Waals surface area contributed by atoms with E-state index in [2.05, 4.69) is 35.8 Å². The lowest BCUT2D eigenvalue weighted by atomic mass is 10.0. The molecule has 2 bridgehead atoms. The second-order valence-electron chi connectivity index (χ2n) is 9.01. The third-order valence-corrected chi connectivity index (χ3v) is 9.47. The van der Waals surface area contributed by atoms with Gasteiger partial charge in [0.15, 0.2) is 11.6 Å². The van der Waals surface area contributed by atoms with Gasteiger partial charge in [0, 0.05) is 36.8 Å². The van der Waals surface area contributed by atoms with Crippen molar-refractivity contribution in [1.29, 1.82) is 0 Å². The van der Waals surface area contributed by atoms with Gasteiger partial charge >= 0.3 is 6.09 Å². The number of nitrogens with one attached hydrogen (secondary N) is 1. The van der Waals surface area contributed by atoms with Crippen molar-refractivity contribution in [2.75, 3.05) is 9.62 Å². The predicted molar refractivity (Wildman–Crippen MR) is 134 cm³/mol. The zero-order chi connectivity index (χ0) is 26.3. The van der Waals surface area contributed by atoms with E-state index < -0.39 is 38.5 Å². The molecule has 0 unspecified atom stereocenters. The molecule has 3 aromatic rings. The fourth-order valence-electron chi connectivity index (χ4n) is 5.21. The average molecular weight is 597 g/mol. The Morgan fingerprint density at radius 1 is 1.16 bits per heavy atom. The summed E-state index contributed by atoms with van der Waals surface area (Å²) in [6, 6.07) is 9.21. The number of nitrogens with zero attached hydrogens (tertiary/aromatic N) is 3. The number of fused-ring (bicyclic) bond motifs is 2. The number of halogens is 3. The van der Waals surface area contributed by atoms with Crippen LogP contribution in [0.3, 0.4) is 0 Å². The fraction of sp³-hybridized carbons (Fsp3) is 0.333. The van der Waals surface area contributed by atoms with E-state index in [9.17, 15) is 22.7 Å². The normalized spacial score (nSPS) is 19.3. The SMILES string of the molecule is O=C(O)N(c1ccon1)S(=O)(=O)c1ccc(NCc2c(F)cccc2CN2C3CCC2CC3)c(Br)c1F. The summed E-state index contributed by atoms with van der Waals surface area (Å²) in [5, 5.41) is 15.7. The van der Waals surface area contributed by atoms with Gasteiger partial charge in [-0.05, 0) is 65.4 Å². The Balaban J connectivity index is 1.39. The van der Waals surface area contributed by atoms with Crippen LogP contribution in [0.25, 0.3) is 0 Å². The molecule has 0 radical (unpaired) electrons. The van der Waals surface area contributed by atoms with Crippen LogP contribution in [0.15, 0.2) is 56.6 Å². The highest BCUT2D eigenvalue weighted by Gasteiger charge is 2.39. The van der Waals surface area contributed by atoms with Gasteiger partial charge in [0.05, 0.1) is 10.2 Å². The maximum Gasteiger partial charge on any atom is 0.427 e. The van der Waals surface area contributed by atoms with Crippen LogP contribution in [0.2, 0.25) is 0 Å². The van der Waals surface area contributed by atoms with Crippen molar-refractivity contribution in [2.45, 2.75) is 55.8 Å². The lowest BCUT2D eigenvalue weighted by molar-refractivity contribution is 0.205. The molecule has 2 aromatic carbocycles. The second-order valence-corrected chi connectivity index (χ2v) is 11.6. The van der Waals surface area contributed by atoms with E-state index >= 15 is 4.39 Å². The minimum Gasteiger partial charge on any atom is -0.464 e. The molecule has 196 valence electrons. The van der Waals surface area contributed by atoms with Crippen molar-refractivity contribution < 1.29 is 31.6 Å². The summed E-state index contributed by atoms with van der Waals surface area (Å²) in [5.41, 5.74) is 1.46. The maximum absolute atomic E-state index is 15.3. The zero-order valence-corrected chi connectivity index (χ0v) is 21.8. The first-order chi connectivity index (χ1) is 17.7. The third-order valence-electron chi connectivity index (χ3n) is 7.00. The highest BCUT2D eigenvalue weighted by atomic mass is 79.9. The van der Waals surface area contributed by atoms with Crippen molar-refractivity contribution >= 4 is 43.6 Å². The predicted octanol–water partition coefficient (Wildman–Crippen LogP) is 5.33. The Morgan fingerprint density at radius 2 is 1.86 bits per heavy atom. The topological polar surface area (TPSA) is 116 Å². The molecule has 9 nitrogen and oxygen atoms in total. The quantitative estimate of drug-likeness (QED) is 0.358. The molecule has 0 spiro atoms. The monoisotopic (exact) mass is 596 g/mol. The molecular weight excluding hydrogens is 574 g/mol. The first-order valence-corrected chi connectivity index (χ1v) is 13.8. The van der Waals surface area contributed by atoms with Crippen LogP contribution in [0.5, 0.6) is 0 Å². The van der Waals surface area contributed by atoms with Crippen LogP contribution in [0, 0.1) is 11.6 Å². The second kappa shape index (κ2) is 10.0. The van der Waals surface area contributed by atoms with Crippen LogP contribution >= 0.6 is 15.9 Å². The Kier molecular flexibility index (Phi) is 6.94. The number of anilines is 2. The molecule has 2 fully saturated rings. The van der Waals surface area contributed by atoms with Gasteiger partial charge < -0.3 is 14.9 Å². The smallest absolute Gasteiger partial charge is 0.427 e. The number of carbonyl (C=O) groups is 1. The summed E-state index contributed by atoms with van der Waals surface area (Å²) in [6.07, 6.45) is 3.74. The third kappa shape index (κ3) is 4.71. The van der Waals surface area contributed by atoms with E-state index in [1.165, 1.54) is 12.1 Å². The molecule has 37 heavy (non-hydrogen) atoms. The molecule has 1 aromatic heterocycles. The Bertz CT molecular complexity index is 1420. The minimum atomic E-state index is -4.88. The molecule has 13 heteroatoms. The average Bonchev–Trinajstić information content (AvgIpc) is 3.59. The summed E-state index contributed by atoms with van der Waals surface area (Å²) < 4.78 is 60.3. The Morgan fingerprint density at radius 3 is 2.49 bits per heavy atom. The van der Waals surface area contributed by atoms with Crippen molar-refractivity contribution in [2.24, 2.45) is 0 Å². The van der Waals surface area contributed by atoms with Gasteiger partial charge in [-0.25, -0.2) is 22.0 Å². The van der Waals surface area contributed by atoms with Crippen LogP contribution in [0.4, 0.5) is 25.1 Å². The number of sulfonamides is 1. The van der Waals surface area contributed by atoms with E-state index in [0.29, 0.717) is 24.2 Å². The molecule has 2 saturated heterocycles. The van der Waals surface area contributed by atoms with Crippen molar-refractivity contribution in [1.82, 2.24) is 10.1 Å². The van der Waals surface area contributed by atoms with Gasteiger partial charge in [-0.1, -0.05) is 17.3 Å². The Labute approximate surface area is 220 Å². The van der Waals surface area contributed by atoms with Crippen molar-refractivity contribution in [3.05, 3.63) is 69.9 Å². The van der Waals surface area contributed by atoms with Crippen LogP contribution in [-0.4, -0.2) is 41.8 Å². The number of hydrogen-bond donors (Lipinski definition) is 2. The van der Waals surface area contributed by atoms with Crippen LogP contribution < -0.4 is 9.62 Å². The molecule has 2 aliphatic rings. The van der Waals surface area contributed by atoms with E-state index in [0.717, 1.165) is 49.6 Å². The van der Waals surface area contributed by atoms with Gasteiger partial charge in [0.25, 0.3) is 10.0 Å².